The van der Waals surface area contributed by atoms with Gasteiger partial charge in [0, 0.05) is 10.6 Å². The number of carbonyl (C=O) groups excluding carboxylic acids is 2. The highest BCUT2D eigenvalue weighted by atomic mass is 35.5. The summed E-state index contributed by atoms with van der Waals surface area (Å²) < 4.78 is 38.8. The molecule has 126 valence electrons. The summed E-state index contributed by atoms with van der Waals surface area (Å²) in [7, 11) is 0. The first-order valence-electron chi connectivity index (χ1n) is 6.77. The summed E-state index contributed by atoms with van der Waals surface area (Å²) >= 11 is 5.56. The Hall–Kier alpha value is -2.54. The van der Waals surface area contributed by atoms with Crippen molar-refractivity contribution < 1.29 is 22.8 Å². The minimum atomic E-state index is -4.67. The molecule has 0 saturated carbocycles. The summed E-state index contributed by atoms with van der Waals surface area (Å²) in [5, 5.41) is 4.35. The molecule has 2 amide bonds. The third kappa shape index (κ3) is 4.73. The molecular formula is C16H12ClF3N2O2. The Bertz CT molecular complexity index is 749. The number of hydrogen-bond acceptors (Lipinski definition) is 2. The van der Waals surface area contributed by atoms with Crippen LogP contribution in [0.25, 0.3) is 0 Å². The van der Waals surface area contributed by atoms with Crippen molar-refractivity contribution in [2.75, 3.05) is 11.9 Å². The fraction of sp³-hybridized carbons (Fsp3) is 0.125. The Morgan fingerprint density at radius 1 is 1.04 bits per heavy atom. The monoisotopic (exact) mass is 356 g/mol. The van der Waals surface area contributed by atoms with Gasteiger partial charge in [0.05, 0.1) is 17.8 Å². The first kappa shape index (κ1) is 17.8. The molecule has 2 rings (SSSR count). The van der Waals surface area contributed by atoms with Gasteiger partial charge in [0.25, 0.3) is 5.91 Å². The number of amides is 2. The van der Waals surface area contributed by atoms with E-state index < -0.39 is 35.8 Å². The summed E-state index contributed by atoms with van der Waals surface area (Å²) in [6.45, 7) is -0.465. The van der Waals surface area contributed by atoms with Crippen molar-refractivity contribution >= 4 is 29.1 Å². The van der Waals surface area contributed by atoms with E-state index in [0.717, 1.165) is 12.1 Å². The minimum absolute atomic E-state index is 0.0993. The Labute approximate surface area is 140 Å². The fourth-order valence-electron chi connectivity index (χ4n) is 1.91. The van der Waals surface area contributed by atoms with E-state index in [9.17, 15) is 22.8 Å². The molecule has 0 radical (unpaired) electrons. The molecule has 0 aliphatic rings. The minimum Gasteiger partial charge on any atom is -0.343 e. The van der Waals surface area contributed by atoms with Gasteiger partial charge in [0.2, 0.25) is 5.91 Å². The van der Waals surface area contributed by atoms with Crippen LogP contribution in [0.15, 0.2) is 48.5 Å². The van der Waals surface area contributed by atoms with Crippen LogP contribution in [0.3, 0.4) is 0 Å². The molecule has 0 aliphatic carbocycles. The SMILES string of the molecule is O=C(CNC(=O)c1ccccc1)Nc1ccc(Cl)cc1C(F)(F)F. The number of halogens is 4. The third-order valence-electron chi connectivity index (χ3n) is 3.01. The van der Waals surface area contributed by atoms with Crippen molar-refractivity contribution in [2.24, 2.45) is 0 Å². The average Bonchev–Trinajstić information content (AvgIpc) is 2.54. The molecule has 8 heteroatoms. The van der Waals surface area contributed by atoms with E-state index in [0.29, 0.717) is 5.56 Å². The van der Waals surface area contributed by atoms with E-state index in [4.69, 9.17) is 11.6 Å². The van der Waals surface area contributed by atoms with Crippen LogP contribution in [-0.4, -0.2) is 18.4 Å². The van der Waals surface area contributed by atoms with Crippen LogP contribution >= 0.6 is 11.6 Å². The van der Waals surface area contributed by atoms with Gasteiger partial charge < -0.3 is 10.6 Å². The van der Waals surface area contributed by atoms with Crippen LogP contribution in [0, 0.1) is 0 Å². The first-order chi connectivity index (χ1) is 11.3. The number of anilines is 1. The smallest absolute Gasteiger partial charge is 0.343 e. The van der Waals surface area contributed by atoms with Crippen LogP contribution in [-0.2, 0) is 11.0 Å². The standard InChI is InChI=1S/C16H12ClF3N2O2/c17-11-6-7-13(12(8-11)16(18,19)20)22-14(23)9-21-15(24)10-4-2-1-3-5-10/h1-8H,9H2,(H,21,24)(H,22,23). The van der Waals surface area contributed by atoms with E-state index in [2.05, 4.69) is 10.6 Å². The van der Waals surface area contributed by atoms with Crippen molar-refractivity contribution in [1.82, 2.24) is 5.32 Å². The van der Waals surface area contributed by atoms with Crippen LogP contribution < -0.4 is 10.6 Å². The molecule has 4 nitrogen and oxygen atoms in total. The predicted octanol–water partition coefficient (Wildman–Crippen LogP) is 3.73. The highest BCUT2D eigenvalue weighted by Crippen LogP contribution is 2.36. The lowest BCUT2D eigenvalue weighted by Crippen LogP contribution is -2.33. The molecule has 2 aromatic rings. The quantitative estimate of drug-likeness (QED) is 0.877. The van der Waals surface area contributed by atoms with Crippen molar-refractivity contribution in [2.45, 2.75) is 6.18 Å². The normalized spacial score (nSPS) is 11.0. The first-order valence-corrected chi connectivity index (χ1v) is 7.15. The van der Waals surface area contributed by atoms with Gasteiger partial charge in [0.15, 0.2) is 0 Å². The fourth-order valence-corrected chi connectivity index (χ4v) is 2.08. The molecule has 0 heterocycles. The molecule has 0 aromatic heterocycles. The number of benzene rings is 2. The Morgan fingerprint density at radius 3 is 2.33 bits per heavy atom. The zero-order chi connectivity index (χ0) is 17.7. The van der Waals surface area contributed by atoms with Gasteiger partial charge in [-0.3, -0.25) is 9.59 Å². The maximum atomic E-state index is 12.9. The summed E-state index contributed by atoms with van der Waals surface area (Å²) in [6.07, 6.45) is -4.67. The second-order valence-corrected chi connectivity index (χ2v) is 5.22. The Balaban J connectivity index is 2.02. The molecule has 0 unspecified atom stereocenters. The van der Waals surface area contributed by atoms with Gasteiger partial charge in [-0.25, -0.2) is 0 Å². The van der Waals surface area contributed by atoms with Crippen molar-refractivity contribution in [3.05, 3.63) is 64.7 Å². The summed E-state index contributed by atoms with van der Waals surface area (Å²) in [5.41, 5.74) is -1.14. The van der Waals surface area contributed by atoms with Gasteiger partial charge in [-0.2, -0.15) is 13.2 Å². The zero-order valence-electron chi connectivity index (χ0n) is 12.2. The molecule has 0 bridgehead atoms. The number of nitrogens with one attached hydrogen (secondary N) is 2. The van der Waals surface area contributed by atoms with E-state index in [1.165, 1.54) is 6.07 Å². The molecule has 24 heavy (non-hydrogen) atoms. The van der Waals surface area contributed by atoms with Crippen molar-refractivity contribution in [3.63, 3.8) is 0 Å². The van der Waals surface area contributed by atoms with Crippen LogP contribution in [0.4, 0.5) is 18.9 Å². The maximum absolute atomic E-state index is 12.9. The van der Waals surface area contributed by atoms with E-state index in [-0.39, 0.29) is 5.02 Å². The molecule has 2 aromatic carbocycles. The second-order valence-electron chi connectivity index (χ2n) is 4.78. The topological polar surface area (TPSA) is 58.2 Å². The van der Waals surface area contributed by atoms with Crippen LogP contribution in [0.2, 0.25) is 5.02 Å². The molecule has 0 fully saturated rings. The van der Waals surface area contributed by atoms with Gasteiger partial charge in [-0.15, -0.1) is 0 Å². The van der Waals surface area contributed by atoms with E-state index in [1.54, 1.807) is 30.3 Å². The molecular weight excluding hydrogens is 345 g/mol. The summed E-state index contributed by atoms with van der Waals surface area (Å²) in [4.78, 5) is 23.6. The number of alkyl halides is 3. The number of hydrogen-bond donors (Lipinski definition) is 2. The Kier molecular flexibility index (Phi) is 5.46. The molecule has 2 N–H and O–H groups in total. The largest absolute Gasteiger partial charge is 0.418 e. The maximum Gasteiger partial charge on any atom is 0.418 e. The second kappa shape index (κ2) is 7.35. The lowest BCUT2D eigenvalue weighted by Gasteiger charge is -2.14. The van der Waals surface area contributed by atoms with E-state index >= 15 is 0 Å². The highest BCUT2D eigenvalue weighted by Gasteiger charge is 2.34. The van der Waals surface area contributed by atoms with Crippen LogP contribution in [0.1, 0.15) is 15.9 Å². The number of carbonyl (C=O) groups is 2. The molecule has 0 saturated heterocycles. The zero-order valence-corrected chi connectivity index (χ0v) is 12.9. The lowest BCUT2D eigenvalue weighted by molar-refractivity contribution is -0.137. The molecule has 0 atom stereocenters. The van der Waals surface area contributed by atoms with Crippen molar-refractivity contribution in [1.29, 1.82) is 0 Å². The molecule has 0 aliphatic heterocycles. The average molecular weight is 357 g/mol. The summed E-state index contributed by atoms with van der Waals surface area (Å²) in [6, 6.07) is 11.1. The van der Waals surface area contributed by atoms with Gasteiger partial charge in [-0.05, 0) is 30.3 Å². The van der Waals surface area contributed by atoms with Gasteiger partial charge >= 0.3 is 6.18 Å². The van der Waals surface area contributed by atoms with E-state index in [1.807, 2.05) is 0 Å². The highest BCUT2D eigenvalue weighted by molar-refractivity contribution is 6.30. The lowest BCUT2D eigenvalue weighted by atomic mass is 10.1. The number of rotatable bonds is 4. The predicted molar refractivity (Wildman–Crippen MR) is 83.9 cm³/mol. The third-order valence-corrected chi connectivity index (χ3v) is 3.24. The van der Waals surface area contributed by atoms with Gasteiger partial charge in [-0.1, -0.05) is 29.8 Å². The van der Waals surface area contributed by atoms with Crippen molar-refractivity contribution in [3.8, 4) is 0 Å². The summed E-state index contributed by atoms with van der Waals surface area (Å²) in [5.74, 6) is -1.29. The van der Waals surface area contributed by atoms with Crippen LogP contribution in [0.5, 0.6) is 0 Å². The molecule has 0 spiro atoms. The van der Waals surface area contributed by atoms with Gasteiger partial charge in [0.1, 0.15) is 0 Å². The Morgan fingerprint density at radius 2 is 1.71 bits per heavy atom.